The first kappa shape index (κ1) is 19.5. The summed E-state index contributed by atoms with van der Waals surface area (Å²) >= 11 is 2.70. The second kappa shape index (κ2) is 8.66. The number of piperidine rings is 1. The number of amides is 2. The number of ether oxygens (including phenoxy) is 1. The summed E-state index contributed by atoms with van der Waals surface area (Å²) in [4.78, 5) is 31.5. The molecule has 2 amide bonds. The Kier molecular flexibility index (Phi) is 5.81. The fourth-order valence-corrected chi connectivity index (χ4v) is 4.53. The van der Waals surface area contributed by atoms with E-state index in [-0.39, 0.29) is 17.7 Å². The summed E-state index contributed by atoms with van der Waals surface area (Å²) in [6.45, 7) is 1.04. The fourth-order valence-electron chi connectivity index (χ4n) is 3.26. The Balaban J connectivity index is 1.38. The molecular formula is C19H19N5O3S2. The van der Waals surface area contributed by atoms with Crippen LogP contribution < -0.4 is 10.1 Å². The quantitative estimate of drug-likeness (QED) is 0.669. The number of rotatable bonds is 5. The van der Waals surface area contributed by atoms with Crippen molar-refractivity contribution in [3.63, 3.8) is 0 Å². The Morgan fingerprint density at radius 1 is 1.21 bits per heavy atom. The molecule has 1 aliphatic heterocycles. The van der Waals surface area contributed by atoms with Gasteiger partial charge in [0.15, 0.2) is 0 Å². The van der Waals surface area contributed by atoms with Crippen LogP contribution in [0.4, 0.5) is 5.13 Å². The topological polar surface area (TPSA) is 97.3 Å². The summed E-state index contributed by atoms with van der Waals surface area (Å²) in [5, 5.41) is 13.3. The highest BCUT2D eigenvalue weighted by Gasteiger charge is 2.29. The van der Waals surface area contributed by atoms with Crippen molar-refractivity contribution < 1.29 is 14.3 Å². The number of hydrogen-bond donors (Lipinski definition) is 1. The predicted molar refractivity (Wildman–Crippen MR) is 111 cm³/mol. The number of anilines is 1. The molecule has 3 heterocycles. The van der Waals surface area contributed by atoms with Crippen LogP contribution in [0, 0.1) is 5.92 Å². The summed E-state index contributed by atoms with van der Waals surface area (Å²) in [6, 6.07) is 7.61. The van der Waals surface area contributed by atoms with Crippen LogP contribution in [0.25, 0.3) is 10.6 Å². The number of methoxy groups -OCH3 is 1. The minimum Gasteiger partial charge on any atom is -0.496 e. The van der Waals surface area contributed by atoms with Crippen LogP contribution in [0.15, 0.2) is 35.2 Å². The first-order valence-electron chi connectivity index (χ1n) is 9.11. The SMILES string of the molecule is COc1ccccc1-c1nc(C(=O)N2CCC(C(=O)Nc3nncs3)CC2)cs1. The van der Waals surface area contributed by atoms with Crippen LogP contribution in [0.5, 0.6) is 5.75 Å². The van der Waals surface area contributed by atoms with Gasteiger partial charge in [0.05, 0.1) is 12.7 Å². The van der Waals surface area contributed by atoms with Crippen LogP contribution in [-0.2, 0) is 4.79 Å². The summed E-state index contributed by atoms with van der Waals surface area (Å²) < 4.78 is 5.38. The first-order chi connectivity index (χ1) is 14.2. The molecule has 1 aromatic carbocycles. The average molecular weight is 430 g/mol. The molecule has 4 rings (SSSR count). The zero-order chi connectivity index (χ0) is 20.2. The number of carbonyl (C=O) groups is 2. The number of hydrogen-bond acceptors (Lipinski definition) is 8. The second-order valence-electron chi connectivity index (χ2n) is 6.54. The average Bonchev–Trinajstić information content (AvgIpc) is 3.45. The minimum absolute atomic E-state index is 0.0685. The Hall–Kier alpha value is -2.85. The van der Waals surface area contributed by atoms with Crippen LogP contribution in [0.3, 0.4) is 0 Å². The van der Waals surface area contributed by atoms with Crippen LogP contribution in [-0.4, -0.2) is 52.1 Å². The second-order valence-corrected chi connectivity index (χ2v) is 8.23. The number of nitrogens with one attached hydrogen (secondary N) is 1. The van der Waals surface area contributed by atoms with E-state index in [0.29, 0.717) is 36.8 Å². The van der Waals surface area contributed by atoms with Crippen molar-refractivity contribution in [1.82, 2.24) is 20.1 Å². The Bertz CT molecular complexity index is 997. The standard InChI is InChI=1S/C19H19N5O3S2/c1-27-15-5-3-2-4-13(15)17-21-14(10-28-17)18(26)24-8-6-12(7-9-24)16(25)22-19-23-20-11-29-19/h2-5,10-12H,6-9H2,1H3,(H,22,23,25). The highest BCUT2D eigenvalue weighted by atomic mass is 32.1. The molecular weight excluding hydrogens is 410 g/mol. The van der Waals surface area contributed by atoms with Crippen molar-refractivity contribution in [3.05, 3.63) is 40.8 Å². The van der Waals surface area contributed by atoms with E-state index in [0.717, 1.165) is 16.3 Å². The van der Waals surface area contributed by atoms with Gasteiger partial charge in [-0.2, -0.15) is 0 Å². The molecule has 0 bridgehead atoms. The van der Waals surface area contributed by atoms with Gasteiger partial charge in [0, 0.05) is 24.4 Å². The molecule has 8 nitrogen and oxygen atoms in total. The van der Waals surface area contributed by atoms with Gasteiger partial charge >= 0.3 is 0 Å². The van der Waals surface area contributed by atoms with Gasteiger partial charge in [0.25, 0.3) is 5.91 Å². The Morgan fingerprint density at radius 2 is 2.00 bits per heavy atom. The third-order valence-corrected chi connectivity index (χ3v) is 6.29. The van der Waals surface area contributed by atoms with E-state index in [4.69, 9.17) is 4.74 Å². The molecule has 0 saturated carbocycles. The number of para-hydroxylation sites is 1. The number of nitrogens with zero attached hydrogens (tertiary/aromatic N) is 4. The maximum atomic E-state index is 12.9. The third kappa shape index (κ3) is 4.28. The first-order valence-corrected chi connectivity index (χ1v) is 10.9. The van der Waals surface area contributed by atoms with Crippen molar-refractivity contribution in [1.29, 1.82) is 0 Å². The molecule has 0 unspecified atom stereocenters. The highest BCUT2D eigenvalue weighted by Crippen LogP contribution is 2.32. The lowest BCUT2D eigenvalue weighted by molar-refractivity contribution is -0.121. The minimum atomic E-state index is -0.137. The Labute approximate surface area is 175 Å². The molecule has 1 aliphatic rings. The molecule has 2 aromatic heterocycles. The number of benzene rings is 1. The van der Waals surface area contributed by atoms with E-state index in [1.165, 1.54) is 22.7 Å². The molecule has 1 saturated heterocycles. The van der Waals surface area contributed by atoms with Crippen molar-refractivity contribution in [3.8, 4) is 16.3 Å². The lowest BCUT2D eigenvalue weighted by Crippen LogP contribution is -2.41. The van der Waals surface area contributed by atoms with Crippen LogP contribution in [0.2, 0.25) is 0 Å². The van der Waals surface area contributed by atoms with Gasteiger partial charge in [-0.3, -0.25) is 9.59 Å². The fraction of sp³-hybridized carbons (Fsp3) is 0.316. The number of likely N-dealkylation sites (tertiary alicyclic amines) is 1. The molecule has 10 heteroatoms. The van der Waals surface area contributed by atoms with E-state index in [1.54, 1.807) is 22.9 Å². The molecule has 1 N–H and O–H groups in total. The van der Waals surface area contributed by atoms with Gasteiger partial charge < -0.3 is 15.0 Å². The van der Waals surface area contributed by atoms with Gasteiger partial charge in [-0.1, -0.05) is 23.5 Å². The van der Waals surface area contributed by atoms with Crippen molar-refractivity contribution in [2.45, 2.75) is 12.8 Å². The lowest BCUT2D eigenvalue weighted by Gasteiger charge is -2.30. The monoisotopic (exact) mass is 429 g/mol. The van der Waals surface area contributed by atoms with Crippen molar-refractivity contribution in [2.75, 3.05) is 25.5 Å². The van der Waals surface area contributed by atoms with Crippen LogP contribution >= 0.6 is 22.7 Å². The van der Waals surface area contributed by atoms with Crippen LogP contribution in [0.1, 0.15) is 23.3 Å². The van der Waals surface area contributed by atoms with E-state index in [2.05, 4.69) is 20.5 Å². The Morgan fingerprint density at radius 3 is 2.72 bits per heavy atom. The highest BCUT2D eigenvalue weighted by molar-refractivity contribution is 7.13. The summed E-state index contributed by atoms with van der Waals surface area (Å²) in [7, 11) is 1.61. The van der Waals surface area contributed by atoms with Gasteiger partial charge in [-0.05, 0) is 25.0 Å². The molecule has 150 valence electrons. The van der Waals surface area contributed by atoms with Gasteiger partial charge in [-0.25, -0.2) is 4.98 Å². The zero-order valence-corrected chi connectivity index (χ0v) is 17.3. The van der Waals surface area contributed by atoms with E-state index in [1.807, 2.05) is 24.3 Å². The summed E-state index contributed by atoms with van der Waals surface area (Å²) in [5.41, 5.74) is 2.86. The number of carbonyl (C=O) groups excluding carboxylic acids is 2. The summed E-state index contributed by atoms with van der Waals surface area (Å²) in [5.74, 6) is 0.414. The molecule has 0 spiro atoms. The summed E-state index contributed by atoms with van der Waals surface area (Å²) in [6.07, 6.45) is 1.22. The largest absolute Gasteiger partial charge is 0.496 e. The lowest BCUT2D eigenvalue weighted by atomic mass is 9.96. The molecule has 0 radical (unpaired) electrons. The molecule has 0 aliphatic carbocycles. The molecule has 3 aromatic rings. The number of thiazole rings is 1. The van der Waals surface area contributed by atoms with Crippen molar-refractivity contribution in [2.24, 2.45) is 5.92 Å². The third-order valence-electron chi connectivity index (χ3n) is 4.80. The number of aromatic nitrogens is 3. The molecule has 29 heavy (non-hydrogen) atoms. The van der Waals surface area contributed by atoms with E-state index in [9.17, 15) is 9.59 Å². The van der Waals surface area contributed by atoms with Crippen molar-refractivity contribution >= 4 is 39.6 Å². The normalized spacial score (nSPS) is 14.6. The maximum Gasteiger partial charge on any atom is 0.273 e. The maximum absolute atomic E-state index is 12.9. The van der Waals surface area contributed by atoms with Gasteiger partial charge in [0.2, 0.25) is 11.0 Å². The molecule has 0 atom stereocenters. The molecule has 1 fully saturated rings. The van der Waals surface area contributed by atoms with Gasteiger partial charge in [0.1, 0.15) is 22.0 Å². The zero-order valence-electron chi connectivity index (χ0n) is 15.7. The predicted octanol–water partition coefficient (Wildman–Crippen LogP) is 3.16. The van der Waals surface area contributed by atoms with Gasteiger partial charge in [-0.15, -0.1) is 21.5 Å². The van der Waals surface area contributed by atoms with E-state index < -0.39 is 0 Å². The smallest absolute Gasteiger partial charge is 0.273 e. The van der Waals surface area contributed by atoms with E-state index >= 15 is 0 Å².